The van der Waals surface area contributed by atoms with Crippen molar-refractivity contribution in [3.8, 4) is 24.2 Å². The summed E-state index contributed by atoms with van der Waals surface area (Å²) in [6.45, 7) is 2.15. The molecule has 0 saturated heterocycles. The summed E-state index contributed by atoms with van der Waals surface area (Å²) in [6, 6.07) is 0. The molecule has 0 bridgehead atoms. The lowest BCUT2D eigenvalue weighted by molar-refractivity contribution is 0.205. The van der Waals surface area contributed by atoms with Gasteiger partial charge in [-0.2, -0.15) is 0 Å². The average molecular weight is 220 g/mol. The minimum absolute atomic E-state index is 0.501. The van der Waals surface area contributed by atoms with Crippen molar-refractivity contribution >= 4 is 0 Å². The Balaban J connectivity index is 3.73. The summed E-state index contributed by atoms with van der Waals surface area (Å²) in [5.41, 5.74) is 0. The molecule has 0 aromatic carbocycles. The Hall–Kier alpha value is -1.22. The van der Waals surface area contributed by atoms with Gasteiger partial charge in [0.25, 0.3) is 0 Å². The van der Waals surface area contributed by atoms with Gasteiger partial charge in [0.1, 0.15) is 6.10 Å². The molecule has 0 spiro atoms. The zero-order chi connectivity index (χ0) is 12.2. The van der Waals surface area contributed by atoms with E-state index in [4.69, 9.17) is 6.42 Å². The number of hydrogen-bond donors (Lipinski definition) is 2. The van der Waals surface area contributed by atoms with Crippen LogP contribution in [0.5, 0.6) is 0 Å². The molecule has 2 nitrogen and oxygen atoms in total. The number of terminal acetylenes is 1. The first-order valence-corrected chi connectivity index (χ1v) is 5.71. The van der Waals surface area contributed by atoms with Crippen molar-refractivity contribution in [2.45, 2.75) is 51.2 Å². The van der Waals surface area contributed by atoms with E-state index in [1.54, 1.807) is 6.08 Å². The van der Waals surface area contributed by atoms with Gasteiger partial charge >= 0.3 is 0 Å². The van der Waals surface area contributed by atoms with E-state index >= 15 is 0 Å². The van der Waals surface area contributed by atoms with Crippen molar-refractivity contribution in [3.05, 3.63) is 12.2 Å². The molecule has 0 fully saturated rings. The second kappa shape index (κ2) is 10.3. The average Bonchev–Trinajstić information content (AvgIpc) is 2.29. The van der Waals surface area contributed by atoms with Gasteiger partial charge in [0, 0.05) is 0 Å². The molecular weight excluding hydrogens is 200 g/mol. The molecule has 0 aromatic heterocycles. The van der Waals surface area contributed by atoms with Crippen molar-refractivity contribution in [2.24, 2.45) is 0 Å². The molecule has 0 aliphatic carbocycles. The molecule has 0 heterocycles. The smallest absolute Gasteiger partial charge is 0.134 e. The first-order valence-electron chi connectivity index (χ1n) is 5.71. The highest BCUT2D eigenvalue weighted by Crippen LogP contribution is 2.06. The summed E-state index contributed by atoms with van der Waals surface area (Å²) in [4.78, 5) is 0. The Labute approximate surface area is 98.4 Å². The SMILES string of the molecule is C#CC#CC(O)C=CC(O)CCCCCC. The van der Waals surface area contributed by atoms with Crippen LogP contribution in [-0.2, 0) is 0 Å². The number of aliphatic hydroxyl groups is 2. The van der Waals surface area contributed by atoms with E-state index < -0.39 is 12.2 Å². The minimum Gasteiger partial charge on any atom is -0.389 e. The van der Waals surface area contributed by atoms with Gasteiger partial charge in [-0.15, -0.1) is 6.42 Å². The van der Waals surface area contributed by atoms with Crippen LogP contribution >= 0.6 is 0 Å². The highest BCUT2D eigenvalue weighted by Gasteiger charge is 1.99. The molecule has 2 unspecified atom stereocenters. The first-order chi connectivity index (χ1) is 7.70. The van der Waals surface area contributed by atoms with Crippen molar-refractivity contribution in [2.75, 3.05) is 0 Å². The van der Waals surface area contributed by atoms with Crippen LogP contribution in [0.1, 0.15) is 39.0 Å². The predicted molar refractivity (Wildman–Crippen MR) is 66.5 cm³/mol. The van der Waals surface area contributed by atoms with E-state index in [2.05, 4.69) is 24.7 Å². The van der Waals surface area contributed by atoms with Crippen molar-refractivity contribution < 1.29 is 10.2 Å². The Morgan fingerprint density at radius 1 is 1.19 bits per heavy atom. The number of aliphatic hydroxyl groups excluding tert-OH is 2. The quantitative estimate of drug-likeness (QED) is 0.390. The largest absolute Gasteiger partial charge is 0.389 e. The van der Waals surface area contributed by atoms with Crippen molar-refractivity contribution in [1.82, 2.24) is 0 Å². The number of unbranched alkanes of at least 4 members (excludes halogenated alkanes) is 3. The zero-order valence-electron chi connectivity index (χ0n) is 9.82. The van der Waals surface area contributed by atoms with Gasteiger partial charge in [0.2, 0.25) is 0 Å². The first kappa shape index (κ1) is 14.8. The second-order valence-corrected chi connectivity index (χ2v) is 3.66. The Morgan fingerprint density at radius 3 is 2.56 bits per heavy atom. The molecule has 0 aliphatic heterocycles. The summed E-state index contributed by atoms with van der Waals surface area (Å²) in [6.07, 6.45) is 11.8. The summed E-state index contributed by atoms with van der Waals surface area (Å²) < 4.78 is 0. The van der Waals surface area contributed by atoms with Gasteiger partial charge in [0.15, 0.2) is 0 Å². The van der Waals surface area contributed by atoms with Gasteiger partial charge in [-0.3, -0.25) is 0 Å². The lowest BCUT2D eigenvalue weighted by Crippen LogP contribution is -2.05. The van der Waals surface area contributed by atoms with E-state index in [9.17, 15) is 10.2 Å². The van der Waals surface area contributed by atoms with Crippen molar-refractivity contribution in [3.63, 3.8) is 0 Å². The van der Waals surface area contributed by atoms with Crippen LogP contribution in [0.3, 0.4) is 0 Å². The lowest BCUT2D eigenvalue weighted by Gasteiger charge is -2.05. The molecule has 0 amide bonds. The van der Waals surface area contributed by atoms with Gasteiger partial charge in [0.05, 0.1) is 6.10 Å². The molecule has 0 aliphatic rings. The third kappa shape index (κ3) is 9.34. The highest BCUT2D eigenvalue weighted by molar-refractivity contribution is 5.25. The van der Waals surface area contributed by atoms with Crippen LogP contribution in [0, 0.1) is 24.2 Å². The maximum Gasteiger partial charge on any atom is 0.134 e. The monoisotopic (exact) mass is 220 g/mol. The molecule has 2 atom stereocenters. The second-order valence-electron chi connectivity index (χ2n) is 3.66. The Morgan fingerprint density at radius 2 is 1.94 bits per heavy atom. The fraction of sp³-hybridized carbons (Fsp3) is 0.571. The van der Waals surface area contributed by atoms with Crippen LogP contribution in [0.4, 0.5) is 0 Å². The molecule has 2 N–H and O–H groups in total. The molecular formula is C14H20O2. The van der Waals surface area contributed by atoms with Gasteiger partial charge < -0.3 is 10.2 Å². The zero-order valence-corrected chi connectivity index (χ0v) is 9.82. The number of hydrogen-bond acceptors (Lipinski definition) is 2. The molecule has 0 rings (SSSR count). The van der Waals surface area contributed by atoms with Crippen LogP contribution in [0.2, 0.25) is 0 Å². The van der Waals surface area contributed by atoms with E-state index in [1.165, 1.54) is 18.9 Å². The highest BCUT2D eigenvalue weighted by atomic mass is 16.3. The minimum atomic E-state index is -0.888. The van der Waals surface area contributed by atoms with Crippen LogP contribution in [0.25, 0.3) is 0 Å². The topological polar surface area (TPSA) is 40.5 Å². The van der Waals surface area contributed by atoms with E-state index in [0.29, 0.717) is 0 Å². The van der Waals surface area contributed by atoms with Gasteiger partial charge in [-0.1, -0.05) is 44.6 Å². The maximum absolute atomic E-state index is 9.54. The van der Waals surface area contributed by atoms with Crippen LogP contribution in [-0.4, -0.2) is 22.4 Å². The van der Waals surface area contributed by atoms with Crippen molar-refractivity contribution in [1.29, 1.82) is 0 Å². The fourth-order valence-corrected chi connectivity index (χ4v) is 1.27. The maximum atomic E-state index is 9.54. The van der Waals surface area contributed by atoms with Crippen LogP contribution < -0.4 is 0 Å². The van der Waals surface area contributed by atoms with Crippen LogP contribution in [0.15, 0.2) is 12.2 Å². The van der Waals surface area contributed by atoms with Gasteiger partial charge in [-0.05, 0) is 24.3 Å². The summed E-state index contributed by atoms with van der Waals surface area (Å²) in [5, 5.41) is 18.8. The molecule has 0 radical (unpaired) electrons. The molecule has 0 saturated carbocycles. The normalized spacial score (nSPS) is 13.9. The molecule has 0 aromatic rings. The lowest BCUT2D eigenvalue weighted by atomic mass is 10.1. The standard InChI is InChI=1S/C14H20O2/c1-3-5-7-8-10-14(16)12-11-13(15)9-6-4-2/h2,11-16H,3,5,7-8,10H2,1H3. The van der Waals surface area contributed by atoms with E-state index in [0.717, 1.165) is 19.3 Å². The van der Waals surface area contributed by atoms with E-state index in [1.807, 2.05) is 0 Å². The third-order valence-corrected chi connectivity index (χ3v) is 2.16. The molecule has 16 heavy (non-hydrogen) atoms. The predicted octanol–water partition coefficient (Wildman–Crippen LogP) is 1.87. The Kier molecular flexibility index (Phi) is 9.52. The summed E-state index contributed by atoms with van der Waals surface area (Å²) >= 11 is 0. The number of rotatable bonds is 7. The van der Waals surface area contributed by atoms with E-state index in [-0.39, 0.29) is 0 Å². The van der Waals surface area contributed by atoms with Gasteiger partial charge in [-0.25, -0.2) is 0 Å². The summed E-state index contributed by atoms with van der Waals surface area (Å²) in [7, 11) is 0. The summed E-state index contributed by atoms with van der Waals surface area (Å²) in [5.74, 6) is 6.88. The molecule has 2 heteroatoms. The fourth-order valence-electron chi connectivity index (χ4n) is 1.27. The third-order valence-electron chi connectivity index (χ3n) is 2.16. The molecule has 88 valence electrons. The Bertz CT molecular complexity index is 288.